The Balaban J connectivity index is 1.93. The molecule has 7 nitrogen and oxygen atoms in total. The second-order valence-electron chi connectivity index (χ2n) is 7.42. The van der Waals surface area contributed by atoms with E-state index in [2.05, 4.69) is 10.8 Å². The normalized spacial score (nSPS) is 21.3. The number of carbonyl (C=O) groups is 1. The Kier molecular flexibility index (Phi) is 6.77. The summed E-state index contributed by atoms with van der Waals surface area (Å²) in [4.78, 5) is 11.8. The molecule has 0 saturated heterocycles. The van der Waals surface area contributed by atoms with E-state index in [0.29, 0.717) is 24.5 Å². The highest BCUT2D eigenvalue weighted by Crippen LogP contribution is 2.45. The minimum Gasteiger partial charge on any atom is -0.489 e. The number of nitrogens with zero attached hydrogens (tertiary/aromatic N) is 1. The molecule has 0 aliphatic heterocycles. The highest BCUT2D eigenvalue weighted by atomic mass is 19.3. The molecule has 0 spiro atoms. The lowest BCUT2D eigenvalue weighted by molar-refractivity contribution is -0.133. The molecule has 3 rings (SSSR count). The third-order valence-corrected chi connectivity index (χ3v) is 5.30. The maximum Gasteiger partial charge on any atom is 0.387 e. The number of carboxylic acid groups (broad SMARTS) is 1. The summed E-state index contributed by atoms with van der Waals surface area (Å²) < 4.78 is 46.0. The molecule has 162 valence electrons. The van der Waals surface area contributed by atoms with Crippen LogP contribution < -0.4 is 9.47 Å². The molecular weight excluding hydrogens is 400 g/mol. The SMILES string of the molecule is COCOC1=C(C(=O)O)CC(C#N)(c2ccc(OC(F)F)c(OCC3CC3)c2)CC1. The standard InChI is InChI=1S/C21H23F2NO6/c1-27-12-29-16-6-7-21(11-24,9-15(16)19(25)26)14-4-5-17(30-20(22)23)18(8-14)28-10-13-2-3-13/h4-5,8,13,20H,2-3,6-7,9-10,12H2,1H3,(H,25,26). The van der Waals surface area contributed by atoms with Gasteiger partial charge >= 0.3 is 12.6 Å². The molecule has 1 unspecified atom stereocenters. The average molecular weight is 423 g/mol. The van der Waals surface area contributed by atoms with Crippen LogP contribution in [0.1, 0.15) is 37.7 Å². The van der Waals surface area contributed by atoms with Gasteiger partial charge in [0.25, 0.3) is 0 Å². The van der Waals surface area contributed by atoms with E-state index in [9.17, 15) is 23.9 Å². The van der Waals surface area contributed by atoms with E-state index in [-0.39, 0.29) is 42.5 Å². The topological polar surface area (TPSA) is 98.0 Å². The predicted molar refractivity (Wildman–Crippen MR) is 100 cm³/mol. The van der Waals surface area contributed by atoms with Crippen molar-refractivity contribution in [2.24, 2.45) is 5.92 Å². The zero-order valence-electron chi connectivity index (χ0n) is 16.5. The van der Waals surface area contributed by atoms with Crippen LogP contribution in [0.3, 0.4) is 0 Å². The predicted octanol–water partition coefficient (Wildman–Crippen LogP) is 3.98. The van der Waals surface area contributed by atoms with Crippen molar-refractivity contribution < 1.29 is 37.6 Å². The van der Waals surface area contributed by atoms with Crippen LogP contribution >= 0.6 is 0 Å². The van der Waals surface area contributed by atoms with Crippen LogP contribution in [0.15, 0.2) is 29.5 Å². The van der Waals surface area contributed by atoms with Gasteiger partial charge in [0.2, 0.25) is 0 Å². The number of ether oxygens (including phenoxy) is 4. The van der Waals surface area contributed by atoms with Crippen molar-refractivity contribution >= 4 is 5.97 Å². The number of hydrogen-bond donors (Lipinski definition) is 1. The molecule has 1 aromatic carbocycles. The molecule has 1 saturated carbocycles. The molecule has 0 bridgehead atoms. The minimum atomic E-state index is -3.01. The third-order valence-electron chi connectivity index (χ3n) is 5.30. The van der Waals surface area contributed by atoms with Crippen LogP contribution in [0.5, 0.6) is 11.5 Å². The summed E-state index contributed by atoms with van der Waals surface area (Å²) in [6, 6.07) is 6.58. The fourth-order valence-electron chi connectivity index (χ4n) is 3.46. The van der Waals surface area contributed by atoms with E-state index >= 15 is 0 Å². The molecule has 1 fully saturated rings. The van der Waals surface area contributed by atoms with Gasteiger partial charge in [0.1, 0.15) is 5.76 Å². The van der Waals surface area contributed by atoms with Crippen LogP contribution in [-0.4, -0.2) is 38.2 Å². The number of methoxy groups -OCH3 is 1. The maximum absolute atomic E-state index is 12.8. The summed E-state index contributed by atoms with van der Waals surface area (Å²) in [5.41, 5.74) is -0.676. The third kappa shape index (κ3) is 5.00. The Morgan fingerprint density at radius 2 is 2.10 bits per heavy atom. The lowest BCUT2D eigenvalue weighted by atomic mass is 9.70. The number of nitriles is 1. The second kappa shape index (κ2) is 9.30. The molecule has 2 aliphatic carbocycles. The highest BCUT2D eigenvalue weighted by molar-refractivity contribution is 5.88. The number of hydrogen-bond acceptors (Lipinski definition) is 6. The lowest BCUT2D eigenvalue weighted by Gasteiger charge is -2.33. The van der Waals surface area contributed by atoms with E-state index in [1.54, 1.807) is 0 Å². The monoisotopic (exact) mass is 423 g/mol. The first-order chi connectivity index (χ1) is 14.4. The summed E-state index contributed by atoms with van der Waals surface area (Å²) in [6.45, 7) is -2.73. The van der Waals surface area contributed by atoms with E-state index in [0.717, 1.165) is 12.8 Å². The van der Waals surface area contributed by atoms with Gasteiger partial charge in [-0.1, -0.05) is 6.07 Å². The summed E-state index contributed by atoms with van der Waals surface area (Å²) in [7, 11) is 1.43. The van der Waals surface area contributed by atoms with Gasteiger partial charge in [-0.05, 0) is 42.9 Å². The first-order valence-electron chi connectivity index (χ1n) is 9.59. The molecular formula is C21H23F2NO6. The van der Waals surface area contributed by atoms with Gasteiger partial charge in [0, 0.05) is 20.0 Å². The summed E-state index contributed by atoms with van der Waals surface area (Å²) in [5.74, 6) is -0.510. The molecule has 1 N–H and O–H groups in total. The zero-order valence-corrected chi connectivity index (χ0v) is 16.5. The van der Waals surface area contributed by atoms with E-state index < -0.39 is 18.0 Å². The number of carboxylic acids is 1. The van der Waals surface area contributed by atoms with Crippen molar-refractivity contribution in [1.82, 2.24) is 0 Å². The molecule has 1 atom stereocenters. The Morgan fingerprint density at radius 3 is 2.70 bits per heavy atom. The van der Waals surface area contributed by atoms with Crippen LogP contribution in [0.25, 0.3) is 0 Å². The molecule has 30 heavy (non-hydrogen) atoms. The van der Waals surface area contributed by atoms with Gasteiger partial charge in [-0.15, -0.1) is 0 Å². The Labute approximate surface area is 172 Å². The minimum absolute atomic E-state index is 0.00629. The summed E-state index contributed by atoms with van der Waals surface area (Å²) in [6.07, 6.45) is 2.48. The van der Waals surface area contributed by atoms with Crippen molar-refractivity contribution in [3.63, 3.8) is 0 Å². The fourth-order valence-corrected chi connectivity index (χ4v) is 3.46. The van der Waals surface area contributed by atoms with E-state index in [4.69, 9.17) is 14.2 Å². The zero-order chi connectivity index (χ0) is 21.7. The largest absolute Gasteiger partial charge is 0.489 e. The van der Waals surface area contributed by atoms with Gasteiger partial charge in [-0.2, -0.15) is 14.0 Å². The second-order valence-corrected chi connectivity index (χ2v) is 7.42. The van der Waals surface area contributed by atoms with Crippen molar-refractivity contribution in [3.05, 3.63) is 35.1 Å². The first kappa shape index (κ1) is 21.8. The summed E-state index contributed by atoms with van der Waals surface area (Å²) in [5, 5.41) is 19.6. The van der Waals surface area contributed by atoms with Crippen molar-refractivity contribution in [1.29, 1.82) is 5.26 Å². The highest BCUT2D eigenvalue weighted by Gasteiger charge is 2.41. The fraction of sp³-hybridized carbons (Fsp3) is 0.524. The van der Waals surface area contributed by atoms with E-state index in [1.807, 2.05) is 0 Å². The van der Waals surface area contributed by atoms with Gasteiger partial charge in [-0.3, -0.25) is 0 Å². The van der Waals surface area contributed by atoms with Gasteiger partial charge in [0.15, 0.2) is 18.3 Å². The van der Waals surface area contributed by atoms with Gasteiger partial charge in [0.05, 0.1) is 23.7 Å². The number of aliphatic carboxylic acids is 1. The number of allylic oxidation sites excluding steroid dienone is 1. The lowest BCUT2D eigenvalue weighted by Crippen LogP contribution is -2.31. The van der Waals surface area contributed by atoms with Crippen molar-refractivity contribution in [3.8, 4) is 17.6 Å². The molecule has 0 amide bonds. The smallest absolute Gasteiger partial charge is 0.387 e. The van der Waals surface area contributed by atoms with E-state index in [1.165, 1.54) is 25.3 Å². The Morgan fingerprint density at radius 1 is 1.33 bits per heavy atom. The van der Waals surface area contributed by atoms with Gasteiger partial charge < -0.3 is 24.1 Å². The molecule has 9 heteroatoms. The number of benzene rings is 1. The number of alkyl halides is 2. The molecule has 1 aromatic rings. The molecule has 2 aliphatic rings. The molecule has 0 heterocycles. The quantitative estimate of drug-likeness (QED) is 0.569. The first-order valence-corrected chi connectivity index (χ1v) is 9.59. The van der Waals surface area contributed by atoms with Crippen LogP contribution in [-0.2, 0) is 19.7 Å². The van der Waals surface area contributed by atoms with Crippen LogP contribution in [0.4, 0.5) is 8.78 Å². The van der Waals surface area contributed by atoms with Crippen molar-refractivity contribution in [2.45, 2.75) is 44.1 Å². The Hall–Kier alpha value is -2.86. The van der Waals surface area contributed by atoms with Crippen molar-refractivity contribution in [2.75, 3.05) is 20.5 Å². The summed E-state index contributed by atoms with van der Waals surface area (Å²) >= 11 is 0. The Bertz CT molecular complexity index is 862. The van der Waals surface area contributed by atoms with Crippen LogP contribution in [0.2, 0.25) is 0 Å². The van der Waals surface area contributed by atoms with Gasteiger partial charge in [-0.25, -0.2) is 4.79 Å². The number of halogens is 2. The maximum atomic E-state index is 12.8. The molecule has 0 radical (unpaired) electrons. The van der Waals surface area contributed by atoms with Crippen LogP contribution in [0, 0.1) is 17.2 Å². The molecule has 0 aromatic heterocycles. The average Bonchev–Trinajstić information content (AvgIpc) is 3.55. The number of rotatable bonds is 10.